The molecule has 0 unspecified atom stereocenters. The van der Waals surface area contributed by atoms with Crippen molar-refractivity contribution in [2.24, 2.45) is 11.8 Å². The fourth-order valence-corrected chi connectivity index (χ4v) is 3.29. The molecule has 30 heavy (non-hydrogen) atoms. The molecule has 0 heterocycles. The first-order valence-corrected chi connectivity index (χ1v) is 11.1. The zero-order chi connectivity index (χ0) is 22.2. The zero-order valence-corrected chi connectivity index (χ0v) is 19.4. The highest BCUT2D eigenvalue weighted by molar-refractivity contribution is 5.75. The SMILES string of the molecule is CCCCCC/C=C/[C@H](C)[C@@H](/C=C/[C@H](C)[C@@H](OC)C(=O)OC)OCc1ccccc1. The van der Waals surface area contributed by atoms with Gasteiger partial charge in [-0.1, -0.05) is 94.7 Å². The molecule has 0 aliphatic heterocycles. The molecule has 0 amide bonds. The van der Waals surface area contributed by atoms with Crippen LogP contribution in [0.5, 0.6) is 0 Å². The molecule has 0 bridgehead atoms. The minimum atomic E-state index is -0.620. The summed E-state index contributed by atoms with van der Waals surface area (Å²) in [5.41, 5.74) is 1.14. The number of unbranched alkanes of at least 4 members (excludes halogenated alkanes) is 4. The lowest BCUT2D eigenvalue weighted by Crippen LogP contribution is -2.30. The molecule has 0 saturated carbocycles. The second-order valence-electron chi connectivity index (χ2n) is 7.82. The van der Waals surface area contributed by atoms with Crippen LogP contribution in [0.2, 0.25) is 0 Å². The van der Waals surface area contributed by atoms with Gasteiger partial charge in [0.2, 0.25) is 0 Å². The quantitative estimate of drug-likeness (QED) is 0.196. The first-order chi connectivity index (χ1) is 14.5. The van der Waals surface area contributed by atoms with Crippen molar-refractivity contribution in [2.45, 2.75) is 71.7 Å². The van der Waals surface area contributed by atoms with E-state index in [4.69, 9.17) is 14.2 Å². The van der Waals surface area contributed by atoms with Gasteiger partial charge in [0.15, 0.2) is 6.10 Å². The van der Waals surface area contributed by atoms with Gasteiger partial charge in [0.25, 0.3) is 0 Å². The third-order valence-corrected chi connectivity index (χ3v) is 5.24. The molecular weight excluding hydrogens is 376 g/mol. The molecule has 4 heteroatoms. The van der Waals surface area contributed by atoms with Crippen molar-refractivity contribution < 1.29 is 19.0 Å². The Kier molecular flexibility index (Phi) is 13.8. The van der Waals surface area contributed by atoms with Crippen LogP contribution in [0.1, 0.15) is 58.4 Å². The number of hydrogen-bond donors (Lipinski definition) is 0. The van der Waals surface area contributed by atoms with E-state index in [1.807, 2.05) is 31.2 Å². The summed E-state index contributed by atoms with van der Waals surface area (Å²) in [6.07, 6.45) is 14.0. The summed E-state index contributed by atoms with van der Waals surface area (Å²) >= 11 is 0. The summed E-state index contributed by atoms with van der Waals surface area (Å²) in [6.45, 7) is 6.89. The minimum absolute atomic E-state index is 0.0882. The topological polar surface area (TPSA) is 44.8 Å². The van der Waals surface area contributed by atoms with E-state index in [0.29, 0.717) is 6.61 Å². The van der Waals surface area contributed by atoms with E-state index in [1.165, 1.54) is 39.9 Å². The fourth-order valence-electron chi connectivity index (χ4n) is 3.29. The molecule has 0 aliphatic carbocycles. The molecule has 0 N–H and O–H groups in total. The molecule has 1 rings (SSSR count). The first kappa shape index (κ1) is 26.1. The largest absolute Gasteiger partial charge is 0.467 e. The van der Waals surface area contributed by atoms with Gasteiger partial charge < -0.3 is 14.2 Å². The van der Waals surface area contributed by atoms with Gasteiger partial charge in [0.1, 0.15) is 0 Å². The molecule has 4 nitrogen and oxygen atoms in total. The Balaban J connectivity index is 2.77. The van der Waals surface area contributed by atoms with Crippen LogP contribution >= 0.6 is 0 Å². The van der Waals surface area contributed by atoms with Gasteiger partial charge in [-0.25, -0.2) is 4.79 Å². The van der Waals surface area contributed by atoms with Crippen molar-refractivity contribution in [3.05, 3.63) is 60.2 Å². The van der Waals surface area contributed by atoms with Crippen LogP contribution in [-0.4, -0.2) is 32.4 Å². The van der Waals surface area contributed by atoms with Crippen molar-refractivity contribution in [3.8, 4) is 0 Å². The van der Waals surface area contributed by atoms with Crippen LogP contribution < -0.4 is 0 Å². The number of esters is 1. The van der Waals surface area contributed by atoms with Crippen LogP contribution in [0.3, 0.4) is 0 Å². The molecule has 0 spiro atoms. The second-order valence-corrected chi connectivity index (χ2v) is 7.82. The fraction of sp³-hybridized carbons (Fsp3) is 0.577. The van der Waals surface area contributed by atoms with E-state index in [0.717, 1.165) is 12.0 Å². The summed E-state index contributed by atoms with van der Waals surface area (Å²) in [6, 6.07) is 10.2. The molecule has 0 radical (unpaired) electrons. The summed E-state index contributed by atoms with van der Waals surface area (Å²) in [4.78, 5) is 11.9. The van der Waals surface area contributed by atoms with E-state index in [-0.39, 0.29) is 23.9 Å². The number of ether oxygens (including phenoxy) is 3. The molecule has 1 aromatic carbocycles. The van der Waals surface area contributed by atoms with E-state index in [1.54, 1.807) is 0 Å². The number of hydrogen-bond acceptors (Lipinski definition) is 4. The molecule has 0 fully saturated rings. The smallest absolute Gasteiger partial charge is 0.335 e. The molecule has 0 aromatic heterocycles. The van der Waals surface area contributed by atoms with Crippen molar-refractivity contribution in [2.75, 3.05) is 14.2 Å². The summed E-state index contributed by atoms with van der Waals surface area (Å²) in [5, 5.41) is 0. The molecule has 1 aromatic rings. The van der Waals surface area contributed by atoms with Crippen molar-refractivity contribution in [1.82, 2.24) is 0 Å². The average molecular weight is 417 g/mol. The van der Waals surface area contributed by atoms with Crippen LogP contribution in [0.25, 0.3) is 0 Å². The maximum absolute atomic E-state index is 11.9. The normalized spacial score (nSPS) is 15.9. The molecule has 0 aliphatic rings. The number of rotatable bonds is 15. The number of methoxy groups -OCH3 is 2. The van der Waals surface area contributed by atoms with Gasteiger partial charge in [0, 0.05) is 18.9 Å². The standard InChI is InChI=1S/C26H40O4/c1-6-7-8-9-10-12-15-21(2)24(30-20-23-16-13-11-14-17-23)19-18-22(3)25(28-4)26(27)29-5/h11-19,21-22,24-25H,6-10,20H2,1-5H3/b15-12+,19-18+/t21-,22-,24+,25+/m0/s1. The van der Waals surface area contributed by atoms with Gasteiger partial charge in [-0.15, -0.1) is 0 Å². The van der Waals surface area contributed by atoms with Gasteiger partial charge in [-0.3, -0.25) is 0 Å². The predicted octanol–water partition coefficient (Wildman–Crippen LogP) is 6.11. The Labute approximate surface area is 183 Å². The highest BCUT2D eigenvalue weighted by Crippen LogP contribution is 2.18. The lowest BCUT2D eigenvalue weighted by molar-refractivity contribution is -0.154. The van der Waals surface area contributed by atoms with Gasteiger partial charge in [-0.2, -0.15) is 0 Å². The highest BCUT2D eigenvalue weighted by Gasteiger charge is 2.24. The number of carbonyl (C=O) groups is 1. The third kappa shape index (κ3) is 10.2. The average Bonchev–Trinajstić information content (AvgIpc) is 2.77. The Morgan fingerprint density at radius 2 is 1.70 bits per heavy atom. The van der Waals surface area contributed by atoms with Crippen molar-refractivity contribution in [1.29, 1.82) is 0 Å². The highest BCUT2D eigenvalue weighted by atomic mass is 16.6. The van der Waals surface area contributed by atoms with E-state index < -0.39 is 6.10 Å². The number of carbonyl (C=O) groups excluding carboxylic acids is 1. The van der Waals surface area contributed by atoms with Crippen LogP contribution in [-0.2, 0) is 25.6 Å². The third-order valence-electron chi connectivity index (χ3n) is 5.24. The summed E-state index contributed by atoms with van der Waals surface area (Å²) in [7, 11) is 2.91. The Hall–Kier alpha value is -1.91. The van der Waals surface area contributed by atoms with Crippen molar-refractivity contribution in [3.63, 3.8) is 0 Å². The molecule has 168 valence electrons. The number of benzene rings is 1. The van der Waals surface area contributed by atoms with Gasteiger partial charge >= 0.3 is 5.97 Å². The van der Waals surface area contributed by atoms with E-state index in [2.05, 4.69) is 44.2 Å². The second kappa shape index (κ2) is 15.9. The Morgan fingerprint density at radius 1 is 0.967 bits per heavy atom. The molecular formula is C26H40O4. The van der Waals surface area contributed by atoms with Crippen LogP contribution in [0, 0.1) is 11.8 Å². The summed E-state index contributed by atoms with van der Waals surface area (Å²) in [5.74, 6) is -0.255. The van der Waals surface area contributed by atoms with Gasteiger partial charge in [-0.05, 0) is 18.4 Å². The minimum Gasteiger partial charge on any atom is -0.467 e. The van der Waals surface area contributed by atoms with Crippen molar-refractivity contribution >= 4 is 5.97 Å². The monoisotopic (exact) mass is 416 g/mol. The lowest BCUT2D eigenvalue weighted by atomic mass is 9.98. The van der Waals surface area contributed by atoms with E-state index in [9.17, 15) is 4.79 Å². The molecule has 4 atom stereocenters. The molecule has 0 saturated heterocycles. The first-order valence-electron chi connectivity index (χ1n) is 11.1. The Bertz CT molecular complexity index is 623. The van der Waals surface area contributed by atoms with Crippen LogP contribution in [0.4, 0.5) is 0 Å². The maximum atomic E-state index is 11.9. The van der Waals surface area contributed by atoms with Gasteiger partial charge in [0.05, 0.1) is 19.8 Å². The Morgan fingerprint density at radius 3 is 2.33 bits per heavy atom. The predicted molar refractivity (Wildman–Crippen MR) is 123 cm³/mol. The maximum Gasteiger partial charge on any atom is 0.335 e. The van der Waals surface area contributed by atoms with Crippen LogP contribution in [0.15, 0.2) is 54.6 Å². The lowest BCUT2D eigenvalue weighted by Gasteiger charge is -2.21. The number of allylic oxidation sites excluding steroid dienone is 1. The summed E-state index contributed by atoms with van der Waals surface area (Å²) < 4.78 is 16.4. The zero-order valence-electron chi connectivity index (χ0n) is 19.4. The van der Waals surface area contributed by atoms with E-state index >= 15 is 0 Å².